The van der Waals surface area contributed by atoms with Crippen LogP contribution in [0.1, 0.15) is 22.1 Å². The summed E-state index contributed by atoms with van der Waals surface area (Å²) in [6.45, 7) is 2.00. The Hall–Kier alpha value is -0.840. The van der Waals surface area contributed by atoms with Crippen molar-refractivity contribution < 1.29 is 9.84 Å². The van der Waals surface area contributed by atoms with Crippen molar-refractivity contribution >= 4 is 27.3 Å². The third-order valence-corrected chi connectivity index (χ3v) is 4.22. The molecule has 0 aliphatic rings. The Labute approximate surface area is 113 Å². The van der Waals surface area contributed by atoms with Gasteiger partial charge in [-0.3, -0.25) is 0 Å². The highest BCUT2D eigenvalue weighted by Gasteiger charge is 2.18. The molecule has 2 aromatic rings. The molecule has 2 nitrogen and oxygen atoms in total. The fraction of sp³-hybridized carbons (Fsp3) is 0.231. The smallest absolute Gasteiger partial charge is 0.125 e. The highest BCUT2D eigenvalue weighted by Crippen LogP contribution is 2.36. The monoisotopic (exact) mass is 312 g/mol. The van der Waals surface area contributed by atoms with Crippen LogP contribution in [0, 0.1) is 6.92 Å². The number of aliphatic hydroxyl groups excluding tert-OH is 1. The topological polar surface area (TPSA) is 29.5 Å². The van der Waals surface area contributed by atoms with Gasteiger partial charge >= 0.3 is 0 Å². The van der Waals surface area contributed by atoms with E-state index in [0.717, 1.165) is 19.8 Å². The highest BCUT2D eigenvalue weighted by atomic mass is 79.9. The molecule has 1 unspecified atom stereocenters. The number of benzene rings is 1. The summed E-state index contributed by atoms with van der Waals surface area (Å²) in [6, 6.07) is 9.49. The molecule has 0 bridgehead atoms. The van der Waals surface area contributed by atoms with Crippen LogP contribution in [0.5, 0.6) is 5.75 Å². The average molecular weight is 313 g/mol. The van der Waals surface area contributed by atoms with Crippen molar-refractivity contribution in [3.63, 3.8) is 0 Å². The molecule has 0 saturated heterocycles. The first-order valence-electron chi connectivity index (χ1n) is 5.20. The Balaban J connectivity index is 2.43. The van der Waals surface area contributed by atoms with Crippen LogP contribution in [0.4, 0.5) is 0 Å². The van der Waals surface area contributed by atoms with E-state index in [-0.39, 0.29) is 0 Å². The zero-order valence-electron chi connectivity index (χ0n) is 9.61. The number of hydrogen-bond acceptors (Lipinski definition) is 3. The predicted octanol–water partition coefficient (Wildman–Crippen LogP) is 3.91. The lowest BCUT2D eigenvalue weighted by atomic mass is 10.0. The summed E-state index contributed by atoms with van der Waals surface area (Å²) in [6.07, 6.45) is -0.645. The molecule has 0 radical (unpaired) electrons. The lowest BCUT2D eigenvalue weighted by molar-refractivity contribution is 0.214. The number of para-hydroxylation sites is 1. The Bertz CT molecular complexity index is 522. The summed E-state index contributed by atoms with van der Waals surface area (Å²) in [5, 5.41) is 10.4. The van der Waals surface area contributed by atoms with Crippen molar-refractivity contribution in [2.45, 2.75) is 13.0 Å². The van der Waals surface area contributed by atoms with Crippen LogP contribution in [-0.2, 0) is 0 Å². The maximum absolute atomic E-state index is 10.4. The van der Waals surface area contributed by atoms with Crippen molar-refractivity contribution in [3.8, 4) is 5.75 Å². The molecule has 2 rings (SSSR count). The van der Waals surface area contributed by atoms with Gasteiger partial charge in [-0.1, -0.05) is 18.2 Å². The molecule has 17 heavy (non-hydrogen) atoms. The van der Waals surface area contributed by atoms with Crippen LogP contribution in [0.25, 0.3) is 0 Å². The first kappa shape index (κ1) is 12.6. The van der Waals surface area contributed by atoms with Gasteiger partial charge in [0.15, 0.2) is 0 Å². The summed E-state index contributed by atoms with van der Waals surface area (Å²) in [7, 11) is 1.61. The van der Waals surface area contributed by atoms with Gasteiger partial charge in [0.2, 0.25) is 0 Å². The molecule has 90 valence electrons. The van der Waals surface area contributed by atoms with Crippen molar-refractivity contribution in [2.24, 2.45) is 0 Å². The molecule has 0 saturated carbocycles. The van der Waals surface area contributed by atoms with E-state index in [4.69, 9.17) is 4.74 Å². The van der Waals surface area contributed by atoms with E-state index < -0.39 is 6.10 Å². The van der Waals surface area contributed by atoms with Gasteiger partial charge < -0.3 is 9.84 Å². The summed E-state index contributed by atoms with van der Waals surface area (Å²) in [4.78, 5) is 1.11. The SMILES string of the molecule is COc1ccccc1C(O)c1cc(Br)sc1C. The second-order valence-electron chi connectivity index (χ2n) is 3.71. The van der Waals surface area contributed by atoms with Crippen LogP contribution in [0.15, 0.2) is 34.1 Å². The number of aliphatic hydroxyl groups is 1. The van der Waals surface area contributed by atoms with Crippen molar-refractivity contribution in [2.75, 3.05) is 7.11 Å². The molecule has 1 aromatic carbocycles. The van der Waals surface area contributed by atoms with Gasteiger partial charge in [-0.25, -0.2) is 0 Å². The van der Waals surface area contributed by atoms with E-state index in [1.54, 1.807) is 18.4 Å². The minimum Gasteiger partial charge on any atom is -0.496 e. The molecule has 0 amide bonds. The quantitative estimate of drug-likeness (QED) is 0.931. The third-order valence-electron chi connectivity index (χ3n) is 2.65. The second-order valence-corrected chi connectivity index (χ2v) is 6.34. The summed E-state index contributed by atoms with van der Waals surface area (Å²) < 4.78 is 6.29. The summed E-state index contributed by atoms with van der Waals surface area (Å²) >= 11 is 5.06. The minimum absolute atomic E-state index is 0.645. The zero-order valence-corrected chi connectivity index (χ0v) is 12.0. The molecular formula is C13H13BrO2S. The standard InChI is InChI=1S/C13H13BrO2S/c1-8-10(7-12(14)17-8)13(15)9-5-3-4-6-11(9)16-2/h3-7,13,15H,1-2H3. The normalized spacial score (nSPS) is 12.5. The third kappa shape index (κ3) is 2.54. The predicted molar refractivity (Wildman–Crippen MR) is 73.8 cm³/mol. The van der Waals surface area contributed by atoms with E-state index in [9.17, 15) is 5.11 Å². The Morgan fingerprint density at radius 3 is 2.59 bits per heavy atom. The summed E-state index contributed by atoms with van der Waals surface area (Å²) in [5.74, 6) is 0.710. The van der Waals surface area contributed by atoms with Crippen molar-refractivity contribution in [1.29, 1.82) is 0 Å². The number of hydrogen-bond donors (Lipinski definition) is 1. The van der Waals surface area contributed by atoms with Crippen LogP contribution in [0.2, 0.25) is 0 Å². The highest BCUT2D eigenvalue weighted by molar-refractivity contribution is 9.11. The number of halogens is 1. The van der Waals surface area contributed by atoms with E-state index in [1.165, 1.54) is 0 Å². The molecule has 4 heteroatoms. The van der Waals surface area contributed by atoms with Gasteiger partial charge in [-0.05, 0) is 40.5 Å². The molecule has 1 heterocycles. The first-order chi connectivity index (χ1) is 8.13. The van der Waals surface area contributed by atoms with E-state index in [2.05, 4.69) is 15.9 Å². The van der Waals surface area contributed by atoms with Gasteiger partial charge in [0, 0.05) is 10.4 Å². The molecule has 1 N–H and O–H groups in total. The van der Waals surface area contributed by atoms with Crippen LogP contribution < -0.4 is 4.74 Å². The Kier molecular flexibility index (Phi) is 3.86. The first-order valence-corrected chi connectivity index (χ1v) is 6.81. The fourth-order valence-electron chi connectivity index (χ4n) is 1.79. The number of ether oxygens (including phenoxy) is 1. The maximum Gasteiger partial charge on any atom is 0.125 e. The molecular weight excluding hydrogens is 300 g/mol. The fourth-order valence-corrected chi connectivity index (χ4v) is 3.53. The lowest BCUT2D eigenvalue weighted by Crippen LogP contribution is -2.02. The number of aryl methyl sites for hydroxylation is 1. The molecule has 0 spiro atoms. The van der Waals surface area contributed by atoms with Crippen LogP contribution in [-0.4, -0.2) is 12.2 Å². The molecule has 0 aliphatic heterocycles. The molecule has 1 aromatic heterocycles. The molecule has 0 aliphatic carbocycles. The number of thiophene rings is 1. The van der Waals surface area contributed by atoms with Crippen molar-refractivity contribution in [3.05, 3.63) is 50.1 Å². The van der Waals surface area contributed by atoms with Gasteiger partial charge in [0.05, 0.1) is 10.9 Å². The molecule has 0 fully saturated rings. The van der Waals surface area contributed by atoms with Gasteiger partial charge in [-0.2, -0.15) is 0 Å². The van der Waals surface area contributed by atoms with Crippen molar-refractivity contribution in [1.82, 2.24) is 0 Å². The zero-order chi connectivity index (χ0) is 12.4. The lowest BCUT2D eigenvalue weighted by Gasteiger charge is -2.14. The van der Waals surface area contributed by atoms with Crippen LogP contribution >= 0.6 is 27.3 Å². The number of methoxy groups -OCH3 is 1. The van der Waals surface area contributed by atoms with Gasteiger partial charge in [0.25, 0.3) is 0 Å². The van der Waals surface area contributed by atoms with E-state index in [1.807, 2.05) is 37.3 Å². The van der Waals surface area contributed by atoms with Gasteiger partial charge in [-0.15, -0.1) is 11.3 Å². The largest absolute Gasteiger partial charge is 0.496 e. The average Bonchev–Trinajstić information content (AvgIpc) is 2.67. The Morgan fingerprint density at radius 1 is 1.29 bits per heavy atom. The van der Waals surface area contributed by atoms with Gasteiger partial charge in [0.1, 0.15) is 11.9 Å². The Morgan fingerprint density at radius 2 is 2.00 bits per heavy atom. The second kappa shape index (κ2) is 5.21. The maximum atomic E-state index is 10.4. The molecule has 1 atom stereocenters. The van der Waals surface area contributed by atoms with Crippen LogP contribution in [0.3, 0.4) is 0 Å². The summed E-state index contributed by atoms with van der Waals surface area (Å²) in [5.41, 5.74) is 1.72. The minimum atomic E-state index is -0.645. The number of rotatable bonds is 3. The van der Waals surface area contributed by atoms with E-state index >= 15 is 0 Å². The van der Waals surface area contributed by atoms with E-state index in [0.29, 0.717) is 5.75 Å².